The smallest absolute Gasteiger partial charge is 0.265 e. The number of benzene rings is 3. The summed E-state index contributed by atoms with van der Waals surface area (Å²) >= 11 is 1.30. The number of amides is 2. The summed E-state index contributed by atoms with van der Waals surface area (Å²) in [5, 5.41) is 14.3. The molecule has 0 spiro atoms. The molecule has 5 rings (SSSR count). The number of hydrogen-bond donors (Lipinski definition) is 1. The van der Waals surface area contributed by atoms with Crippen LogP contribution in [0.3, 0.4) is 0 Å². The normalized spacial score (nSPS) is 13.9. The van der Waals surface area contributed by atoms with Crippen molar-refractivity contribution in [2.45, 2.75) is 18.1 Å². The van der Waals surface area contributed by atoms with Gasteiger partial charge in [0.15, 0.2) is 17.6 Å². The van der Waals surface area contributed by atoms with Crippen molar-refractivity contribution in [1.82, 2.24) is 14.8 Å². The van der Waals surface area contributed by atoms with Gasteiger partial charge in [-0.05, 0) is 42.0 Å². The Hall–Kier alpha value is -3.85. The van der Waals surface area contributed by atoms with Crippen molar-refractivity contribution in [3.63, 3.8) is 0 Å². The van der Waals surface area contributed by atoms with Gasteiger partial charge in [0, 0.05) is 12.7 Å². The SMILES string of the molecule is C[C@H](c1nnc(SCC(=O)Nc2ccc3ccccc3c2)n1C)N1C(=O)COc2ccccc21. The Kier molecular flexibility index (Phi) is 5.93. The molecule has 8 nitrogen and oxygen atoms in total. The maximum Gasteiger partial charge on any atom is 0.265 e. The Morgan fingerprint density at radius 3 is 2.71 bits per heavy atom. The zero-order chi connectivity index (χ0) is 23.7. The number of aromatic nitrogens is 3. The van der Waals surface area contributed by atoms with E-state index in [0.29, 0.717) is 22.4 Å². The Bertz CT molecular complexity index is 1390. The van der Waals surface area contributed by atoms with E-state index in [1.54, 1.807) is 4.90 Å². The third-order valence-electron chi connectivity index (χ3n) is 5.74. The van der Waals surface area contributed by atoms with Crippen LogP contribution in [0.4, 0.5) is 11.4 Å². The number of hydrogen-bond acceptors (Lipinski definition) is 6. The number of carbonyl (C=O) groups is 2. The third-order valence-corrected chi connectivity index (χ3v) is 6.76. The van der Waals surface area contributed by atoms with Crippen LogP contribution < -0.4 is 15.0 Å². The first kappa shape index (κ1) is 22.0. The molecule has 9 heteroatoms. The molecule has 0 unspecified atom stereocenters. The summed E-state index contributed by atoms with van der Waals surface area (Å²) in [4.78, 5) is 26.9. The minimum Gasteiger partial charge on any atom is -0.482 e. The maximum atomic E-state index is 12.6. The van der Waals surface area contributed by atoms with Gasteiger partial charge < -0.3 is 14.6 Å². The minimum atomic E-state index is -0.351. The zero-order valence-electron chi connectivity index (χ0n) is 18.8. The van der Waals surface area contributed by atoms with Gasteiger partial charge in [0.05, 0.1) is 17.5 Å². The summed E-state index contributed by atoms with van der Waals surface area (Å²) in [5.74, 6) is 1.21. The number of fused-ring (bicyclic) bond motifs is 2. The van der Waals surface area contributed by atoms with Gasteiger partial charge in [-0.15, -0.1) is 10.2 Å². The largest absolute Gasteiger partial charge is 0.482 e. The van der Waals surface area contributed by atoms with E-state index in [1.807, 2.05) is 85.3 Å². The van der Waals surface area contributed by atoms with Crippen LogP contribution >= 0.6 is 11.8 Å². The van der Waals surface area contributed by atoms with Crippen LogP contribution in [0.25, 0.3) is 10.8 Å². The van der Waals surface area contributed by atoms with Gasteiger partial charge in [-0.25, -0.2) is 0 Å². The summed E-state index contributed by atoms with van der Waals surface area (Å²) in [5.41, 5.74) is 1.46. The van der Waals surface area contributed by atoms with Gasteiger partial charge in [0.25, 0.3) is 5.91 Å². The molecule has 2 amide bonds. The summed E-state index contributed by atoms with van der Waals surface area (Å²) < 4.78 is 7.37. The lowest BCUT2D eigenvalue weighted by Gasteiger charge is -2.33. The van der Waals surface area contributed by atoms with Gasteiger partial charge in [-0.2, -0.15) is 0 Å². The molecular weight excluding hydrogens is 450 g/mol. The quantitative estimate of drug-likeness (QED) is 0.423. The first-order chi connectivity index (χ1) is 16.5. The molecule has 1 aromatic heterocycles. The average molecular weight is 474 g/mol. The number of thioether (sulfide) groups is 1. The van der Waals surface area contributed by atoms with E-state index in [0.717, 1.165) is 16.5 Å². The molecule has 172 valence electrons. The molecule has 4 aromatic rings. The molecule has 1 aliphatic rings. The lowest BCUT2D eigenvalue weighted by molar-refractivity contribution is -0.121. The average Bonchev–Trinajstić information content (AvgIpc) is 3.22. The Morgan fingerprint density at radius 1 is 1.09 bits per heavy atom. The predicted octanol–water partition coefficient (Wildman–Crippen LogP) is 4.19. The Morgan fingerprint density at radius 2 is 1.85 bits per heavy atom. The van der Waals surface area contributed by atoms with Crippen LogP contribution in [0.5, 0.6) is 5.75 Å². The second-order valence-electron chi connectivity index (χ2n) is 7.99. The first-order valence-electron chi connectivity index (χ1n) is 10.9. The van der Waals surface area contributed by atoms with Crippen molar-refractivity contribution < 1.29 is 14.3 Å². The van der Waals surface area contributed by atoms with Crippen LogP contribution in [0.15, 0.2) is 71.9 Å². The van der Waals surface area contributed by atoms with E-state index in [9.17, 15) is 9.59 Å². The molecule has 0 fully saturated rings. The summed E-state index contributed by atoms with van der Waals surface area (Å²) in [6.07, 6.45) is 0. The van der Waals surface area contributed by atoms with E-state index in [2.05, 4.69) is 15.5 Å². The van der Waals surface area contributed by atoms with Crippen molar-refractivity contribution in [3.05, 3.63) is 72.6 Å². The standard InChI is InChI=1S/C25H23N5O3S/c1-16(30-20-9-5-6-10-21(20)33-14-23(30)32)24-27-28-25(29(24)2)34-15-22(31)26-19-12-11-17-7-3-4-8-18(17)13-19/h3-13,16H,14-15H2,1-2H3,(H,26,31)/t16-/m1/s1. The molecule has 3 aromatic carbocycles. The van der Waals surface area contributed by atoms with Gasteiger partial charge in [-0.3, -0.25) is 14.5 Å². The lowest BCUT2D eigenvalue weighted by atomic mass is 10.1. The molecule has 1 aliphatic heterocycles. The van der Waals surface area contributed by atoms with Crippen molar-refractivity contribution in [2.24, 2.45) is 7.05 Å². The van der Waals surface area contributed by atoms with Crippen molar-refractivity contribution in [3.8, 4) is 5.75 Å². The van der Waals surface area contributed by atoms with E-state index < -0.39 is 0 Å². The van der Waals surface area contributed by atoms with Gasteiger partial charge in [0.2, 0.25) is 5.91 Å². The summed E-state index contributed by atoms with van der Waals surface area (Å²) in [6.45, 7) is 1.89. The van der Waals surface area contributed by atoms with Gasteiger partial charge >= 0.3 is 0 Å². The lowest BCUT2D eigenvalue weighted by Crippen LogP contribution is -2.41. The third kappa shape index (κ3) is 4.22. The highest BCUT2D eigenvalue weighted by Gasteiger charge is 2.32. The van der Waals surface area contributed by atoms with E-state index >= 15 is 0 Å². The van der Waals surface area contributed by atoms with Crippen molar-refractivity contribution in [2.75, 3.05) is 22.6 Å². The number of anilines is 2. The molecule has 2 heterocycles. The molecule has 34 heavy (non-hydrogen) atoms. The monoisotopic (exact) mass is 473 g/mol. The van der Waals surface area contributed by atoms with Crippen molar-refractivity contribution in [1.29, 1.82) is 0 Å². The first-order valence-corrected chi connectivity index (χ1v) is 11.8. The van der Waals surface area contributed by atoms with Crippen LogP contribution in [0.2, 0.25) is 0 Å². The van der Waals surface area contributed by atoms with Crippen LogP contribution in [-0.2, 0) is 16.6 Å². The number of nitrogens with one attached hydrogen (secondary N) is 1. The molecule has 1 atom stereocenters. The maximum absolute atomic E-state index is 12.6. The van der Waals surface area contributed by atoms with Gasteiger partial charge in [0.1, 0.15) is 5.75 Å². The number of para-hydroxylation sites is 2. The topological polar surface area (TPSA) is 89.4 Å². The van der Waals surface area contributed by atoms with E-state index in [4.69, 9.17) is 4.74 Å². The van der Waals surface area contributed by atoms with Crippen LogP contribution in [-0.4, -0.2) is 38.9 Å². The van der Waals surface area contributed by atoms with E-state index in [1.165, 1.54) is 11.8 Å². The molecule has 0 bridgehead atoms. The predicted molar refractivity (Wildman–Crippen MR) is 132 cm³/mol. The fourth-order valence-electron chi connectivity index (χ4n) is 4.07. The molecular formula is C25H23N5O3S. The molecule has 0 aliphatic carbocycles. The molecule has 0 radical (unpaired) electrons. The van der Waals surface area contributed by atoms with Gasteiger partial charge in [-0.1, -0.05) is 54.2 Å². The van der Waals surface area contributed by atoms with Crippen molar-refractivity contribution >= 4 is 45.7 Å². The summed E-state index contributed by atoms with van der Waals surface area (Å²) in [6, 6.07) is 20.9. The fourth-order valence-corrected chi connectivity index (χ4v) is 4.79. The number of nitrogens with zero attached hydrogens (tertiary/aromatic N) is 4. The minimum absolute atomic E-state index is 0.0181. The highest BCUT2D eigenvalue weighted by Crippen LogP contribution is 2.37. The number of carbonyl (C=O) groups excluding carboxylic acids is 2. The Labute approximate surface area is 200 Å². The van der Waals surface area contributed by atoms with Crippen LogP contribution in [0.1, 0.15) is 18.8 Å². The number of ether oxygens (including phenoxy) is 1. The highest BCUT2D eigenvalue weighted by molar-refractivity contribution is 7.99. The molecule has 0 saturated carbocycles. The zero-order valence-corrected chi connectivity index (χ0v) is 19.6. The Balaban J connectivity index is 1.27. The second-order valence-corrected chi connectivity index (χ2v) is 8.94. The van der Waals surface area contributed by atoms with E-state index in [-0.39, 0.29) is 30.2 Å². The summed E-state index contributed by atoms with van der Waals surface area (Å²) in [7, 11) is 1.84. The highest BCUT2D eigenvalue weighted by atomic mass is 32.2. The van der Waals surface area contributed by atoms with Crippen LogP contribution in [0, 0.1) is 0 Å². The number of rotatable bonds is 6. The second kappa shape index (κ2) is 9.18. The molecule has 0 saturated heterocycles. The fraction of sp³-hybridized carbons (Fsp3) is 0.200. The molecule has 1 N–H and O–H groups in total.